The van der Waals surface area contributed by atoms with Gasteiger partial charge in [0.1, 0.15) is 0 Å². The van der Waals surface area contributed by atoms with Crippen LogP contribution >= 0.6 is 15.9 Å². The maximum atomic E-state index is 9.87. The summed E-state index contributed by atoms with van der Waals surface area (Å²) in [5.41, 5.74) is 0. The lowest BCUT2D eigenvalue weighted by atomic mass is 10.2. The Hall–Kier alpha value is -0.0500. The molecular weight excluding hydrogens is 182 g/mol. The molecule has 0 saturated heterocycles. The Kier molecular flexibility index (Phi) is 4.77. The fraction of sp³-hybridized carbons (Fsp3) is 0.833. The van der Waals surface area contributed by atoms with Crippen LogP contribution in [0.25, 0.3) is 0 Å². The first kappa shape index (κ1) is 8.95. The molecule has 0 fully saturated rings. The van der Waals surface area contributed by atoms with E-state index in [1.165, 1.54) is 0 Å². The average Bonchev–Trinajstić information content (AvgIpc) is 1.63. The smallest absolute Gasteiger partial charge is 0.207 e. The lowest BCUT2D eigenvalue weighted by molar-refractivity contribution is -0.110. The number of carbonyl (C=O) groups excluding carboxylic acids is 1. The predicted molar refractivity (Wildman–Crippen MR) is 41.7 cm³/mol. The molecule has 1 amide bonds. The van der Waals surface area contributed by atoms with Crippen LogP contribution in [-0.2, 0) is 4.79 Å². The molecule has 54 valence electrons. The number of rotatable bonds is 4. The summed E-state index contributed by atoms with van der Waals surface area (Å²) in [6, 6.07) is 0.275. The molecule has 2 unspecified atom stereocenters. The Balaban J connectivity index is 3.25. The molecule has 3 heteroatoms. The maximum absolute atomic E-state index is 9.87. The number of nitrogens with one attached hydrogen (secondary N) is 1. The molecular formula is C6H12BrNO. The molecule has 0 spiro atoms. The summed E-state index contributed by atoms with van der Waals surface area (Å²) in [7, 11) is 0. The van der Waals surface area contributed by atoms with Crippen LogP contribution in [0, 0.1) is 0 Å². The Labute approximate surface area is 64.1 Å². The van der Waals surface area contributed by atoms with Crippen LogP contribution in [0.15, 0.2) is 0 Å². The summed E-state index contributed by atoms with van der Waals surface area (Å²) in [6.07, 6.45) is 1.71. The summed E-state index contributed by atoms with van der Waals surface area (Å²) in [5.74, 6) is 0. The molecule has 0 radical (unpaired) electrons. The van der Waals surface area contributed by atoms with Crippen molar-refractivity contribution in [3.63, 3.8) is 0 Å². The number of hydrogen-bond acceptors (Lipinski definition) is 1. The zero-order chi connectivity index (χ0) is 7.28. The lowest BCUT2D eigenvalue weighted by Crippen LogP contribution is -2.26. The van der Waals surface area contributed by atoms with Gasteiger partial charge in [-0.25, -0.2) is 0 Å². The highest BCUT2D eigenvalue weighted by Crippen LogP contribution is 2.05. The van der Waals surface area contributed by atoms with Crippen LogP contribution in [-0.4, -0.2) is 17.3 Å². The number of halogens is 1. The van der Waals surface area contributed by atoms with Crippen molar-refractivity contribution >= 4 is 22.3 Å². The molecule has 0 rings (SSSR count). The predicted octanol–water partition coefficient (Wildman–Crippen LogP) is 1.29. The first-order valence-electron chi connectivity index (χ1n) is 3.00. The molecule has 9 heavy (non-hydrogen) atoms. The van der Waals surface area contributed by atoms with Crippen molar-refractivity contribution in [1.29, 1.82) is 0 Å². The van der Waals surface area contributed by atoms with Crippen molar-refractivity contribution in [2.24, 2.45) is 0 Å². The minimum absolute atomic E-state index is 0.275. The van der Waals surface area contributed by atoms with E-state index in [1.807, 2.05) is 6.92 Å². The molecule has 0 aliphatic heterocycles. The van der Waals surface area contributed by atoms with Gasteiger partial charge in [-0.1, -0.05) is 22.9 Å². The van der Waals surface area contributed by atoms with Gasteiger partial charge in [0.25, 0.3) is 0 Å². The van der Waals surface area contributed by atoms with E-state index in [9.17, 15) is 4.79 Å². The van der Waals surface area contributed by atoms with Gasteiger partial charge < -0.3 is 5.32 Å². The first-order valence-corrected chi connectivity index (χ1v) is 3.92. The van der Waals surface area contributed by atoms with Gasteiger partial charge >= 0.3 is 0 Å². The van der Waals surface area contributed by atoms with E-state index in [2.05, 4.69) is 28.2 Å². The minimum atomic E-state index is 0.275. The van der Waals surface area contributed by atoms with Crippen molar-refractivity contribution in [2.45, 2.75) is 31.1 Å². The van der Waals surface area contributed by atoms with Crippen LogP contribution in [0.3, 0.4) is 0 Å². The molecule has 0 saturated carbocycles. The van der Waals surface area contributed by atoms with Crippen LogP contribution in [0.2, 0.25) is 0 Å². The molecule has 0 bridgehead atoms. The molecule has 0 aliphatic carbocycles. The van der Waals surface area contributed by atoms with Crippen molar-refractivity contribution in [3.05, 3.63) is 0 Å². The molecule has 2 nitrogen and oxygen atoms in total. The third-order valence-electron chi connectivity index (χ3n) is 1.03. The quantitative estimate of drug-likeness (QED) is 0.530. The Morgan fingerprint density at radius 1 is 1.67 bits per heavy atom. The zero-order valence-corrected chi connectivity index (χ0v) is 7.31. The summed E-state index contributed by atoms with van der Waals surface area (Å²) in [4.78, 5) is 10.3. The summed E-state index contributed by atoms with van der Waals surface area (Å²) >= 11 is 3.39. The Bertz CT molecular complexity index is 85.1. The Morgan fingerprint density at radius 2 is 2.22 bits per heavy atom. The van der Waals surface area contributed by atoms with Gasteiger partial charge in [-0.05, 0) is 13.3 Å². The second kappa shape index (κ2) is 4.79. The molecule has 0 aromatic rings. The van der Waals surface area contributed by atoms with Crippen molar-refractivity contribution in [2.75, 3.05) is 0 Å². The summed E-state index contributed by atoms with van der Waals surface area (Å²) in [6.45, 7) is 4.04. The minimum Gasteiger partial charge on any atom is -0.356 e. The molecule has 0 aliphatic rings. The van der Waals surface area contributed by atoms with Gasteiger partial charge in [-0.2, -0.15) is 0 Å². The third-order valence-corrected chi connectivity index (χ3v) is 1.40. The van der Waals surface area contributed by atoms with Crippen LogP contribution in [0.1, 0.15) is 20.3 Å². The van der Waals surface area contributed by atoms with Gasteiger partial charge in [-0.15, -0.1) is 0 Å². The largest absolute Gasteiger partial charge is 0.356 e. The number of carbonyl (C=O) groups is 1. The van der Waals surface area contributed by atoms with E-state index in [1.54, 1.807) is 0 Å². The van der Waals surface area contributed by atoms with E-state index < -0.39 is 0 Å². The highest BCUT2D eigenvalue weighted by Gasteiger charge is 2.02. The number of hydrogen-bond donors (Lipinski definition) is 1. The fourth-order valence-corrected chi connectivity index (χ4v) is 1.23. The molecule has 1 N–H and O–H groups in total. The van der Waals surface area contributed by atoms with E-state index in [0.717, 1.165) is 12.8 Å². The molecule has 2 atom stereocenters. The van der Waals surface area contributed by atoms with Crippen LogP contribution < -0.4 is 5.32 Å². The van der Waals surface area contributed by atoms with Gasteiger partial charge in [0.15, 0.2) is 0 Å². The van der Waals surface area contributed by atoms with Gasteiger partial charge in [0, 0.05) is 10.9 Å². The Morgan fingerprint density at radius 3 is 2.56 bits per heavy atom. The van der Waals surface area contributed by atoms with Crippen molar-refractivity contribution in [1.82, 2.24) is 5.32 Å². The molecule has 0 aromatic carbocycles. The first-order chi connectivity index (χ1) is 4.16. The molecule has 0 heterocycles. The topological polar surface area (TPSA) is 29.1 Å². The van der Waals surface area contributed by atoms with E-state index in [0.29, 0.717) is 4.83 Å². The highest BCUT2D eigenvalue weighted by molar-refractivity contribution is 9.09. The van der Waals surface area contributed by atoms with E-state index >= 15 is 0 Å². The second-order valence-electron chi connectivity index (χ2n) is 2.20. The van der Waals surface area contributed by atoms with Crippen LogP contribution in [0.4, 0.5) is 0 Å². The monoisotopic (exact) mass is 193 g/mol. The number of alkyl halides is 1. The van der Waals surface area contributed by atoms with Gasteiger partial charge in [-0.3, -0.25) is 4.79 Å². The zero-order valence-electron chi connectivity index (χ0n) is 5.73. The summed E-state index contributed by atoms with van der Waals surface area (Å²) in [5, 5.41) is 2.67. The van der Waals surface area contributed by atoms with Gasteiger partial charge in [0.2, 0.25) is 6.41 Å². The average molecular weight is 194 g/mol. The third kappa shape index (κ3) is 5.83. The second-order valence-corrected chi connectivity index (χ2v) is 3.77. The van der Waals surface area contributed by atoms with Crippen molar-refractivity contribution < 1.29 is 4.79 Å². The summed E-state index contributed by atoms with van der Waals surface area (Å²) < 4.78 is 0. The number of amides is 1. The van der Waals surface area contributed by atoms with E-state index in [4.69, 9.17) is 0 Å². The normalized spacial score (nSPS) is 16.3. The SMILES string of the molecule is CC(Br)CC(C)NC=O. The standard InChI is InChI=1S/C6H12BrNO/c1-5(7)3-6(2)8-4-9/h4-6H,3H2,1-2H3,(H,8,9). The fourth-order valence-electron chi connectivity index (χ4n) is 0.671. The highest BCUT2D eigenvalue weighted by atomic mass is 79.9. The van der Waals surface area contributed by atoms with E-state index in [-0.39, 0.29) is 6.04 Å². The molecule has 0 aromatic heterocycles. The lowest BCUT2D eigenvalue weighted by Gasteiger charge is -2.10. The maximum Gasteiger partial charge on any atom is 0.207 e. The van der Waals surface area contributed by atoms with Crippen molar-refractivity contribution in [3.8, 4) is 0 Å². The van der Waals surface area contributed by atoms with Crippen LogP contribution in [0.5, 0.6) is 0 Å². The van der Waals surface area contributed by atoms with Gasteiger partial charge in [0.05, 0.1) is 0 Å².